The maximum Gasteiger partial charge on any atom is 0.169 e. The van der Waals surface area contributed by atoms with E-state index in [0.717, 1.165) is 37.0 Å². The molecule has 1 saturated heterocycles. The van der Waals surface area contributed by atoms with Gasteiger partial charge in [-0.3, -0.25) is 0 Å². The normalized spacial score (nSPS) is 24.9. The monoisotopic (exact) mass is 277 g/mol. The SMILES string of the molecule is CNC(c1cc2cccc(F)c2o1)C1(C)CCCCO1. The van der Waals surface area contributed by atoms with Crippen LogP contribution in [-0.2, 0) is 4.74 Å². The molecule has 108 valence electrons. The summed E-state index contributed by atoms with van der Waals surface area (Å²) in [6.45, 7) is 2.86. The number of benzene rings is 1. The molecule has 2 unspecified atom stereocenters. The van der Waals surface area contributed by atoms with Crippen molar-refractivity contribution in [3.8, 4) is 0 Å². The minimum absolute atomic E-state index is 0.0744. The van der Waals surface area contributed by atoms with Gasteiger partial charge in [-0.1, -0.05) is 12.1 Å². The first-order valence-electron chi connectivity index (χ1n) is 7.13. The van der Waals surface area contributed by atoms with Crippen molar-refractivity contribution in [2.24, 2.45) is 0 Å². The number of hydrogen-bond donors (Lipinski definition) is 1. The molecular formula is C16H20FNO2. The molecule has 1 aliphatic rings. The summed E-state index contributed by atoms with van der Waals surface area (Å²) in [6.07, 6.45) is 3.21. The number of ether oxygens (including phenoxy) is 1. The van der Waals surface area contributed by atoms with E-state index in [9.17, 15) is 4.39 Å². The molecule has 1 aliphatic heterocycles. The van der Waals surface area contributed by atoms with Crippen molar-refractivity contribution < 1.29 is 13.5 Å². The number of rotatable bonds is 3. The Morgan fingerprint density at radius 1 is 1.35 bits per heavy atom. The molecule has 1 N–H and O–H groups in total. The molecule has 3 nitrogen and oxygen atoms in total. The summed E-state index contributed by atoms with van der Waals surface area (Å²) in [4.78, 5) is 0. The largest absolute Gasteiger partial charge is 0.456 e. The van der Waals surface area contributed by atoms with Crippen molar-refractivity contribution in [2.45, 2.75) is 37.8 Å². The molecule has 1 aromatic heterocycles. The Bertz CT molecular complexity index is 602. The molecule has 1 aromatic carbocycles. The third kappa shape index (κ3) is 2.23. The van der Waals surface area contributed by atoms with E-state index in [2.05, 4.69) is 12.2 Å². The van der Waals surface area contributed by atoms with Crippen LogP contribution in [0.1, 0.15) is 38.0 Å². The standard InChI is InChI=1S/C16H20FNO2/c1-16(8-3-4-9-19-16)15(18-2)13-10-11-6-5-7-12(17)14(11)20-13/h5-7,10,15,18H,3-4,8-9H2,1-2H3. The number of para-hydroxylation sites is 1. The minimum Gasteiger partial charge on any atom is -0.456 e. The number of halogens is 1. The number of nitrogens with one attached hydrogen (secondary N) is 1. The summed E-state index contributed by atoms with van der Waals surface area (Å²) in [5, 5.41) is 4.06. The first kappa shape index (κ1) is 13.6. The van der Waals surface area contributed by atoms with Gasteiger partial charge >= 0.3 is 0 Å². The van der Waals surface area contributed by atoms with E-state index in [-0.39, 0.29) is 17.5 Å². The van der Waals surface area contributed by atoms with Crippen molar-refractivity contribution >= 4 is 11.0 Å². The number of fused-ring (bicyclic) bond motifs is 1. The zero-order valence-corrected chi connectivity index (χ0v) is 11.9. The van der Waals surface area contributed by atoms with Crippen LogP contribution in [0.3, 0.4) is 0 Å². The number of hydrogen-bond acceptors (Lipinski definition) is 3. The van der Waals surface area contributed by atoms with Crippen molar-refractivity contribution in [3.63, 3.8) is 0 Å². The van der Waals surface area contributed by atoms with Crippen molar-refractivity contribution in [1.29, 1.82) is 0 Å². The van der Waals surface area contributed by atoms with Crippen LogP contribution >= 0.6 is 0 Å². The average molecular weight is 277 g/mol. The first-order valence-corrected chi connectivity index (χ1v) is 7.13. The maximum atomic E-state index is 13.8. The molecule has 2 aromatic rings. The van der Waals surface area contributed by atoms with Gasteiger partial charge in [0.05, 0.1) is 11.6 Å². The van der Waals surface area contributed by atoms with Crippen molar-refractivity contribution in [3.05, 3.63) is 35.8 Å². The highest BCUT2D eigenvalue weighted by Crippen LogP contribution is 2.38. The van der Waals surface area contributed by atoms with Crippen molar-refractivity contribution in [1.82, 2.24) is 5.32 Å². The topological polar surface area (TPSA) is 34.4 Å². The highest BCUT2D eigenvalue weighted by molar-refractivity contribution is 5.78. The molecule has 4 heteroatoms. The minimum atomic E-state index is -0.321. The fourth-order valence-corrected chi connectivity index (χ4v) is 3.12. The molecule has 1 fully saturated rings. The van der Waals surface area contributed by atoms with Gasteiger partial charge in [0.15, 0.2) is 11.4 Å². The maximum absolute atomic E-state index is 13.8. The van der Waals surface area contributed by atoms with Gasteiger partial charge in [-0.05, 0) is 45.4 Å². The van der Waals surface area contributed by atoms with Crippen LogP contribution in [0.4, 0.5) is 4.39 Å². The third-order valence-corrected chi connectivity index (χ3v) is 4.20. The van der Waals surface area contributed by atoms with Gasteiger partial charge in [-0.2, -0.15) is 0 Å². The van der Waals surface area contributed by atoms with Crippen LogP contribution in [-0.4, -0.2) is 19.3 Å². The fourth-order valence-electron chi connectivity index (χ4n) is 3.12. The Morgan fingerprint density at radius 2 is 2.20 bits per heavy atom. The Hall–Kier alpha value is -1.39. The summed E-state index contributed by atoms with van der Waals surface area (Å²) in [5.41, 5.74) is 0.0133. The van der Waals surface area contributed by atoms with Crippen LogP contribution in [0.25, 0.3) is 11.0 Å². The Kier molecular flexibility index (Phi) is 3.52. The molecule has 0 bridgehead atoms. The quantitative estimate of drug-likeness (QED) is 0.926. The smallest absolute Gasteiger partial charge is 0.169 e. The Labute approximate surface area is 118 Å². The Balaban J connectivity index is 2.00. The molecule has 2 atom stereocenters. The molecule has 0 amide bonds. The lowest BCUT2D eigenvalue weighted by Crippen LogP contribution is -2.44. The van der Waals surface area contributed by atoms with Crippen molar-refractivity contribution in [2.75, 3.05) is 13.7 Å². The van der Waals surface area contributed by atoms with Gasteiger partial charge in [-0.25, -0.2) is 4.39 Å². The lowest BCUT2D eigenvalue weighted by Gasteiger charge is -2.39. The van der Waals surface area contributed by atoms with Gasteiger partial charge in [0, 0.05) is 12.0 Å². The highest BCUT2D eigenvalue weighted by Gasteiger charge is 2.39. The van der Waals surface area contributed by atoms with E-state index in [1.807, 2.05) is 19.2 Å². The highest BCUT2D eigenvalue weighted by atomic mass is 19.1. The molecule has 0 aliphatic carbocycles. The molecule has 3 rings (SSSR count). The summed E-state index contributed by atoms with van der Waals surface area (Å²) in [5.74, 6) is 0.412. The van der Waals surface area contributed by atoms with Gasteiger partial charge < -0.3 is 14.5 Å². The molecule has 20 heavy (non-hydrogen) atoms. The van der Waals surface area contributed by atoms with Crippen LogP contribution < -0.4 is 5.32 Å². The second-order valence-corrected chi connectivity index (χ2v) is 5.65. The van der Waals surface area contributed by atoms with E-state index in [4.69, 9.17) is 9.15 Å². The number of likely N-dealkylation sites (N-methyl/N-ethyl adjacent to an activating group) is 1. The zero-order valence-electron chi connectivity index (χ0n) is 11.9. The lowest BCUT2D eigenvalue weighted by atomic mass is 9.87. The average Bonchev–Trinajstić information content (AvgIpc) is 2.85. The first-order chi connectivity index (χ1) is 9.64. The second-order valence-electron chi connectivity index (χ2n) is 5.65. The summed E-state index contributed by atoms with van der Waals surface area (Å²) in [6, 6.07) is 6.81. The zero-order chi connectivity index (χ0) is 14.2. The van der Waals surface area contributed by atoms with Crippen LogP contribution in [0.15, 0.2) is 28.7 Å². The van der Waals surface area contributed by atoms with Gasteiger partial charge in [0.25, 0.3) is 0 Å². The molecule has 0 radical (unpaired) electrons. The Morgan fingerprint density at radius 3 is 2.85 bits per heavy atom. The van der Waals surface area contributed by atoms with E-state index >= 15 is 0 Å². The van der Waals surface area contributed by atoms with Gasteiger partial charge in [0.1, 0.15) is 5.76 Å². The van der Waals surface area contributed by atoms with E-state index in [1.54, 1.807) is 6.07 Å². The van der Waals surface area contributed by atoms with Crippen LogP contribution in [0.2, 0.25) is 0 Å². The predicted octanol–water partition coefficient (Wildman–Crippen LogP) is 3.79. The van der Waals surface area contributed by atoms with E-state index in [1.165, 1.54) is 6.07 Å². The predicted molar refractivity (Wildman–Crippen MR) is 76.2 cm³/mol. The lowest BCUT2D eigenvalue weighted by molar-refractivity contribution is -0.0919. The van der Waals surface area contributed by atoms with E-state index < -0.39 is 0 Å². The molecule has 0 saturated carbocycles. The second kappa shape index (κ2) is 5.19. The number of furan rings is 1. The van der Waals surface area contributed by atoms with Gasteiger partial charge in [-0.15, -0.1) is 0 Å². The summed E-state index contributed by atoms with van der Waals surface area (Å²) < 4.78 is 25.5. The molecule has 2 heterocycles. The molecular weight excluding hydrogens is 257 g/mol. The fraction of sp³-hybridized carbons (Fsp3) is 0.500. The summed E-state index contributed by atoms with van der Waals surface area (Å²) in [7, 11) is 1.89. The third-order valence-electron chi connectivity index (χ3n) is 4.20. The van der Waals surface area contributed by atoms with Gasteiger partial charge in [0.2, 0.25) is 0 Å². The summed E-state index contributed by atoms with van der Waals surface area (Å²) >= 11 is 0. The molecule has 0 spiro atoms. The van der Waals surface area contributed by atoms with E-state index in [0.29, 0.717) is 5.58 Å². The van der Waals surface area contributed by atoms with Crippen LogP contribution in [0, 0.1) is 5.82 Å². The van der Waals surface area contributed by atoms with Crippen LogP contribution in [0.5, 0.6) is 0 Å².